The highest BCUT2D eigenvalue weighted by Gasteiger charge is 2.37. The van der Waals surface area contributed by atoms with E-state index in [1.807, 2.05) is 29.2 Å². The van der Waals surface area contributed by atoms with Gasteiger partial charge in [-0.3, -0.25) is 19.8 Å². The Bertz CT molecular complexity index is 1260. The number of ether oxygens (including phenoxy) is 1. The van der Waals surface area contributed by atoms with Gasteiger partial charge in [0.15, 0.2) is 0 Å². The summed E-state index contributed by atoms with van der Waals surface area (Å²) in [4.78, 5) is 28.9. The molecule has 0 spiro atoms. The maximum Gasteiger partial charge on any atom is 0.273 e. The van der Waals surface area contributed by atoms with Gasteiger partial charge in [0.05, 0.1) is 12.0 Å². The average molecular weight is 520 g/mol. The predicted molar refractivity (Wildman–Crippen MR) is 145 cm³/mol. The molecule has 200 valence electrons. The van der Waals surface area contributed by atoms with Crippen LogP contribution in [0.5, 0.6) is 5.75 Å². The minimum absolute atomic E-state index is 0.0908. The van der Waals surface area contributed by atoms with Gasteiger partial charge >= 0.3 is 0 Å². The maximum atomic E-state index is 13.5. The number of carbonyl (C=O) groups excluding carboxylic acids is 1. The minimum Gasteiger partial charge on any atom is -0.497 e. The highest BCUT2D eigenvalue weighted by molar-refractivity contribution is 5.94. The molecule has 3 aromatic carbocycles. The lowest BCUT2D eigenvalue weighted by Crippen LogP contribution is -2.39. The van der Waals surface area contributed by atoms with Crippen LogP contribution < -0.4 is 4.74 Å². The molecule has 1 fully saturated rings. The van der Waals surface area contributed by atoms with E-state index in [0.29, 0.717) is 43.9 Å². The normalized spacial score (nSPS) is 17.5. The smallest absolute Gasteiger partial charge is 0.273 e. The van der Waals surface area contributed by atoms with E-state index in [-0.39, 0.29) is 40.1 Å². The van der Waals surface area contributed by atoms with Crippen LogP contribution in [0.25, 0.3) is 0 Å². The minimum atomic E-state index is -0.378. The fourth-order valence-electron chi connectivity index (χ4n) is 5.33. The van der Waals surface area contributed by atoms with Crippen molar-refractivity contribution in [3.05, 3.63) is 105 Å². The van der Waals surface area contributed by atoms with Crippen molar-refractivity contribution in [2.75, 3.05) is 33.3 Å². The summed E-state index contributed by atoms with van der Waals surface area (Å²) < 4.78 is 19.0. The van der Waals surface area contributed by atoms with Crippen molar-refractivity contribution in [2.24, 2.45) is 11.8 Å². The van der Waals surface area contributed by atoms with Crippen LogP contribution in [0.1, 0.15) is 41.3 Å². The van der Waals surface area contributed by atoms with Gasteiger partial charge in [-0.25, -0.2) is 4.39 Å². The van der Waals surface area contributed by atoms with E-state index in [1.165, 1.54) is 30.3 Å². The van der Waals surface area contributed by atoms with Gasteiger partial charge in [-0.15, -0.1) is 0 Å². The van der Waals surface area contributed by atoms with E-state index >= 15 is 0 Å². The molecule has 0 radical (unpaired) electrons. The van der Waals surface area contributed by atoms with Crippen LogP contribution in [0.15, 0.2) is 72.8 Å². The van der Waals surface area contributed by atoms with E-state index < -0.39 is 0 Å². The number of nitro groups is 1. The SMILES string of the molecule is COc1cccc([C@H]2CN(Cc3ccccc3[N+](=O)[O-])C[C@H]2CN(CC(C)C)C(=O)c2ccc(F)cc2)c1. The third-order valence-corrected chi connectivity index (χ3v) is 7.04. The van der Waals surface area contributed by atoms with Gasteiger partial charge in [-0.1, -0.05) is 44.2 Å². The van der Waals surface area contributed by atoms with Gasteiger partial charge in [0.2, 0.25) is 0 Å². The molecule has 2 atom stereocenters. The second kappa shape index (κ2) is 12.2. The number of rotatable bonds is 10. The van der Waals surface area contributed by atoms with Gasteiger partial charge in [-0.2, -0.15) is 0 Å². The van der Waals surface area contributed by atoms with Crippen LogP contribution in [0, 0.1) is 27.8 Å². The molecular formula is C30H34FN3O4. The first-order valence-electron chi connectivity index (χ1n) is 12.9. The lowest BCUT2D eigenvalue weighted by atomic mass is 9.88. The molecule has 1 aliphatic heterocycles. The van der Waals surface area contributed by atoms with Gasteiger partial charge < -0.3 is 9.64 Å². The maximum absolute atomic E-state index is 13.5. The Balaban J connectivity index is 1.63. The van der Waals surface area contributed by atoms with E-state index in [4.69, 9.17) is 4.74 Å². The number of nitro benzene ring substituents is 1. The Morgan fingerprint density at radius 2 is 1.84 bits per heavy atom. The zero-order chi connectivity index (χ0) is 27.2. The molecule has 0 bridgehead atoms. The number of likely N-dealkylation sites (tertiary alicyclic amines) is 1. The first-order valence-corrected chi connectivity index (χ1v) is 12.9. The van der Waals surface area contributed by atoms with Crippen molar-refractivity contribution in [3.63, 3.8) is 0 Å². The van der Waals surface area contributed by atoms with Crippen molar-refractivity contribution < 1.29 is 18.8 Å². The summed E-state index contributed by atoms with van der Waals surface area (Å²) in [6.07, 6.45) is 0. The third kappa shape index (κ3) is 6.55. The average Bonchev–Trinajstić information content (AvgIpc) is 3.30. The van der Waals surface area contributed by atoms with Crippen molar-refractivity contribution in [1.29, 1.82) is 0 Å². The molecule has 0 saturated carbocycles. The van der Waals surface area contributed by atoms with E-state index in [9.17, 15) is 19.3 Å². The quantitative estimate of drug-likeness (QED) is 0.252. The van der Waals surface area contributed by atoms with Crippen LogP contribution >= 0.6 is 0 Å². The molecule has 1 heterocycles. The number of amides is 1. The zero-order valence-electron chi connectivity index (χ0n) is 22.0. The van der Waals surface area contributed by atoms with Crippen LogP contribution in [0.4, 0.5) is 10.1 Å². The predicted octanol–water partition coefficient (Wildman–Crippen LogP) is 5.76. The lowest BCUT2D eigenvalue weighted by Gasteiger charge is -2.30. The molecule has 4 rings (SSSR count). The monoisotopic (exact) mass is 519 g/mol. The highest BCUT2D eigenvalue weighted by Crippen LogP contribution is 2.36. The second-order valence-electron chi connectivity index (χ2n) is 10.3. The van der Waals surface area contributed by atoms with Crippen molar-refractivity contribution >= 4 is 11.6 Å². The first-order chi connectivity index (χ1) is 18.2. The van der Waals surface area contributed by atoms with Crippen molar-refractivity contribution in [1.82, 2.24) is 9.80 Å². The number of methoxy groups -OCH3 is 1. The Morgan fingerprint density at radius 3 is 2.53 bits per heavy atom. The molecule has 0 aromatic heterocycles. The van der Waals surface area contributed by atoms with E-state index in [1.54, 1.807) is 19.2 Å². The molecule has 3 aromatic rings. The summed E-state index contributed by atoms with van der Waals surface area (Å²) >= 11 is 0. The Morgan fingerprint density at radius 1 is 1.11 bits per heavy atom. The zero-order valence-corrected chi connectivity index (χ0v) is 22.0. The molecule has 38 heavy (non-hydrogen) atoms. The van der Waals surface area contributed by atoms with Crippen molar-refractivity contribution in [3.8, 4) is 5.75 Å². The van der Waals surface area contributed by atoms with Crippen LogP contribution in [0.2, 0.25) is 0 Å². The number of hydrogen-bond donors (Lipinski definition) is 0. The molecule has 1 aliphatic rings. The fourth-order valence-corrected chi connectivity index (χ4v) is 5.33. The number of para-hydroxylation sites is 1. The molecule has 1 amide bonds. The molecule has 0 aliphatic carbocycles. The van der Waals surface area contributed by atoms with Crippen LogP contribution in [0.3, 0.4) is 0 Å². The number of nitrogens with zero attached hydrogens (tertiary/aromatic N) is 3. The topological polar surface area (TPSA) is 75.9 Å². The van der Waals surface area contributed by atoms with Gasteiger partial charge in [-0.05, 0) is 53.8 Å². The Kier molecular flexibility index (Phi) is 8.73. The summed E-state index contributed by atoms with van der Waals surface area (Å²) in [6, 6.07) is 20.5. The van der Waals surface area contributed by atoms with Gasteiger partial charge in [0.25, 0.3) is 11.6 Å². The largest absolute Gasteiger partial charge is 0.497 e. The number of benzene rings is 3. The van der Waals surface area contributed by atoms with Crippen LogP contribution in [-0.2, 0) is 6.54 Å². The summed E-state index contributed by atoms with van der Waals surface area (Å²) in [6.45, 7) is 7.05. The molecule has 8 heteroatoms. The summed E-state index contributed by atoms with van der Waals surface area (Å²) in [5.74, 6) is 0.701. The first kappa shape index (κ1) is 27.3. The van der Waals surface area contributed by atoms with Crippen molar-refractivity contribution in [2.45, 2.75) is 26.3 Å². The molecule has 7 nitrogen and oxygen atoms in total. The molecular weight excluding hydrogens is 485 g/mol. The Hall–Kier alpha value is -3.78. The van der Waals surface area contributed by atoms with Crippen LogP contribution in [-0.4, -0.2) is 53.9 Å². The molecule has 0 unspecified atom stereocenters. The number of carbonyl (C=O) groups is 1. The lowest BCUT2D eigenvalue weighted by molar-refractivity contribution is -0.385. The Labute approximate surface area is 223 Å². The summed E-state index contributed by atoms with van der Waals surface area (Å²) in [7, 11) is 1.64. The van der Waals surface area contributed by atoms with Gasteiger partial charge in [0.1, 0.15) is 11.6 Å². The number of hydrogen-bond acceptors (Lipinski definition) is 5. The second-order valence-corrected chi connectivity index (χ2v) is 10.3. The molecule has 1 saturated heterocycles. The van der Waals surface area contributed by atoms with E-state index in [0.717, 1.165) is 11.3 Å². The third-order valence-electron chi connectivity index (χ3n) is 7.04. The summed E-state index contributed by atoms with van der Waals surface area (Å²) in [5.41, 5.74) is 2.35. The summed E-state index contributed by atoms with van der Waals surface area (Å²) in [5, 5.41) is 11.6. The van der Waals surface area contributed by atoms with Gasteiger partial charge in [0, 0.05) is 55.8 Å². The fraction of sp³-hybridized carbons (Fsp3) is 0.367. The highest BCUT2D eigenvalue weighted by atomic mass is 19.1. The number of halogens is 1. The standard InChI is InChI=1S/C30H34FN3O4/c1-21(2)16-33(30(35)22-11-13-26(31)14-12-22)19-25-18-32(17-24-7-4-5-10-29(24)34(36)37)20-28(25)23-8-6-9-27(15-23)38-3/h4-15,21,25,28H,16-20H2,1-3H3/t25-,28+/m0/s1. The van der Waals surface area contributed by atoms with E-state index in [2.05, 4.69) is 24.8 Å². The molecule has 0 N–H and O–H groups in total.